The van der Waals surface area contributed by atoms with Crippen molar-refractivity contribution in [1.29, 1.82) is 0 Å². The molecule has 4 unspecified atom stereocenters. The van der Waals surface area contributed by atoms with Crippen molar-refractivity contribution in [2.45, 2.75) is 36.0 Å². The predicted molar refractivity (Wildman–Crippen MR) is 184 cm³/mol. The summed E-state index contributed by atoms with van der Waals surface area (Å²) in [6.07, 6.45) is -1.85. The molecular formula is C36H38F4N2O6S2. The fourth-order valence-corrected chi connectivity index (χ4v) is 6.76. The molecule has 268 valence electrons. The minimum atomic E-state index is -0.655. The van der Waals surface area contributed by atoms with Crippen LogP contribution in [0, 0.1) is 23.3 Å². The smallest absolute Gasteiger partial charge is 0.139 e. The van der Waals surface area contributed by atoms with Crippen molar-refractivity contribution < 1.29 is 46.7 Å². The molecular weight excluding hydrogens is 697 g/mol. The largest absolute Gasteiger partial charge is 0.394 e. The number of aliphatic hydroxyl groups is 2. The van der Waals surface area contributed by atoms with E-state index < -0.39 is 36.0 Å². The number of halogens is 4. The number of hydrogen-bond acceptors (Lipinski definition) is 8. The lowest BCUT2D eigenvalue weighted by Crippen LogP contribution is -2.47. The summed E-state index contributed by atoms with van der Waals surface area (Å²) in [6, 6.07) is 24.3. The van der Waals surface area contributed by atoms with Gasteiger partial charge in [-0.05, 0) is 70.8 Å². The van der Waals surface area contributed by atoms with Crippen molar-refractivity contribution in [3.8, 4) is 0 Å². The Kier molecular flexibility index (Phi) is 12.0. The van der Waals surface area contributed by atoms with E-state index in [1.807, 2.05) is 9.80 Å². The van der Waals surface area contributed by atoms with E-state index in [1.165, 1.54) is 48.5 Å². The summed E-state index contributed by atoms with van der Waals surface area (Å²) in [7, 11) is 0. The zero-order chi connectivity index (χ0) is 33.5. The van der Waals surface area contributed by atoms with Gasteiger partial charge < -0.3 is 29.2 Å². The van der Waals surface area contributed by atoms with Crippen LogP contribution in [-0.4, -0.2) is 70.7 Å². The van der Waals surface area contributed by atoms with E-state index >= 15 is 0 Å². The van der Waals surface area contributed by atoms with Crippen LogP contribution in [0.4, 0.5) is 17.6 Å². The second-order valence-electron chi connectivity index (χ2n) is 12.4. The first-order chi connectivity index (χ1) is 23.3. The van der Waals surface area contributed by atoms with Crippen LogP contribution in [0.5, 0.6) is 0 Å². The van der Waals surface area contributed by atoms with E-state index in [9.17, 15) is 27.8 Å². The number of rotatable bonds is 6. The average Bonchev–Trinajstić information content (AvgIpc) is 3.86. The highest BCUT2D eigenvalue weighted by atomic mass is 32.1. The van der Waals surface area contributed by atoms with Crippen molar-refractivity contribution in [3.63, 3.8) is 0 Å². The maximum atomic E-state index is 13.2. The Labute approximate surface area is 301 Å². The summed E-state index contributed by atoms with van der Waals surface area (Å²) in [4.78, 5) is 3.90. The summed E-state index contributed by atoms with van der Waals surface area (Å²) in [5.74, 6) is -1.29. The van der Waals surface area contributed by atoms with Crippen LogP contribution >= 0.6 is 27.0 Å². The molecule has 4 aromatic rings. The molecule has 0 aliphatic carbocycles. The zero-order valence-corrected chi connectivity index (χ0v) is 28.7. The Balaban J connectivity index is 0.000000187. The molecule has 50 heavy (non-hydrogen) atoms. The first-order valence-corrected chi connectivity index (χ1v) is 15.5. The second kappa shape index (κ2) is 15.7. The van der Waals surface area contributed by atoms with Crippen LogP contribution in [0.25, 0.3) is 0 Å². The molecule has 0 radical (unpaired) electrons. The van der Waals surface area contributed by atoms with Gasteiger partial charge in [-0.2, -0.15) is 27.0 Å². The second-order valence-corrected chi connectivity index (χ2v) is 12.4. The van der Waals surface area contributed by atoms with Crippen LogP contribution in [0.2, 0.25) is 0 Å². The Hall–Kier alpha value is -3.02. The van der Waals surface area contributed by atoms with Crippen molar-refractivity contribution in [2.75, 3.05) is 39.6 Å². The van der Waals surface area contributed by atoms with E-state index in [1.54, 1.807) is 48.5 Å². The SMILES string of the molecule is OCC12COC(c3ccc(F)cc3)N1[C@@H](c1ccc(F)cc1)OC2.OCC12COC(c3ccc(F)cc3)N1[C@H](c1ccc(F)cc1)OC2.S.S. The molecule has 0 bridgehead atoms. The fourth-order valence-electron chi connectivity index (χ4n) is 6.76. The van der Waals surface area contributed by atoms with Crippen molar-refractivity contribution in [2.24, 2.45) is 0 Å². The average molecular weight is 735 g/mol. The number of hydrogen-bond donors (Lipinski definition) is 2. The summed E-state index contributed by atoms with van der Waals surface area (Å²) in [5, 5.41) is 19.8. The molecule has 4 aromatic carbocycles. The van der Waals surface area contributed by atoms with Crippen molar-refractivity contribution in [1.82, 2.24) is 9.80 Å². The third-order valence-corrected chi connectivity index (χ3v) is 9.35. The quantitative estimate of drug-likeness (QED) is 0.243. The molecule has 0 amide bonds. The Morgan fingerprint density at radius 2 is 0.640 bits per heavy atom. The van der Waals surface area contributed by atoms with Crippen LogP contribution in [0.1, 0.15) is 47.2 Å². The molecule has 0 saturated carbocycles. The molecule has 4 aliphatic heterocycles. The summed E-state index contributed by atoms with van der Waals surface area (Å²) >= 11 is 0. The highest BCUT2D eigenvalue weighted by molar-refractivity contribution is 7.59. The summed E-state index contributed by atoms with van der Waals surface area (Å²) in [5.41, 5.74) is 1.82. The normalized spacial score (nSPS) is 28.6. The minimum absolute atomic E-state index is 0. The van der Waals surface area contributed by atoms with Gasteiger partial charge in [0.15, 0.2) is 0 Å². The van der Waals surface area contributed by atoms with Gasteiger partial charge in [-0.15, -0.1) is 0 Å². The van der Waals surface area contributed by atoms with Gasteiger partial charge in [0, 0.05) is 0 Å². The monoisotopic (exact) mass is 734 g/mol. The lowest BCUT2D eigenvalue weighted by Gasteiger charge is -2.33. The molecule has 8 rings (SSSR count). The number of nitrogens with zero attached hydrogens (tertiary/aromatic N) is 2. The van der Waals surface area contributed by atoms with Gasteiger partial charge in [0.2, 0.25) is 0 Å². The molecule has 2 N–H and O–H groups in total. The number of ether oxygens (including phenoxy) is 4. The van der Waals surface area contributed by atoms with Gasteiger partial charge in [-0.3, -0.25) is 0 Å². The lowest BCUT2D eigenvalue weighted by molar-refractivity contribution is -0.0632. The van der Waals surface area contributed by atoms with Crippen LogP contribution in [0.15, 0.2) is 97.1 Å². The fraction of sp³-hybridized carbons (Fsp3) is 0.333. The van der Waals surface area contributed by atoms with Gasteiger partial charge in [0.05, 0.1) is 50.7 Å². The molecule has 4 fully saturated rings. The molecule has 4 heterocycles. The van der Waals surface area contributed by atoms with Gasteiger partial charge in [0.25, 0.3) is 0 Å². The number of benzene rings is 4. The maximum Gasteiger partial charge on any atom is 0.139 e. The first kappa shape index (κ1) is 38.2. The maximum absolute atomic E-state index is 13.2. The van der Waals surface area contributed by atoms with E-state index in [2.05, 4.69) is 0 Å². The number of fused-ring (bicyclic) bond motifs is 2. The van der Waals surface area contributed by atoms with Gasteiger partial charge in [-0.25, -0.2) is 27.4 Å². The first-order valence-electron chi connectivity index (χ1n) is 15.5. The molecule has 4 saturated heterocycles. The zero-order valence-electron chi connectivity index (χ0n) is 26.7. The van der Waals surface area contributed by atoms with Gasteiger partial charge in [0.1, 0.15) is 48.2 Å². The molecule has 0 spiro atoms. The Bertz CT molecular complexity index is 1460. The van der Waals surface area contributed by atoms with Gasteiger partial charge >= 0.3 is 0 Å². The molecule has 8 nitrogen and oxygen atoms in total. The topological polar surface area (TPSA) is 83.9 Å². The predicted octanol–water partition coefficient (Wildman–Crippen LogP) is 5.74. The van der Waals surface area contributed by atoms with E-state index in [4.69, 9.17) is 18.9 Å². The third kappa shape index (κ3) is 7.06. The Morgan fingerprint density at radius 1 is 0.440 bits per heavy atom. The molecule has 14 heteroatoms. The van der Waals surface area contributed by atoms with Crippen molar-refractivity contribution >= 4 is 27.0 Å². The summed E-state index contributed by atoms with van der Waals surface area (Å²) < 4.78 is 76.5. The van der Waals surface area contributed by atoms with E-state index in [0.717, 1.165) is 22.3 Å². The number of aliphatic hydroxyl groups excluding tert-OH is 2. The standard InChI is InChI=1S/2C18H17F2NO3.2H2S/c2*19-14-5-1-12(2-6-14)16-21-17(13-3-7-15(20)8-4-13)24-11-18(21,9-22)10-23-16;;/h2*1-8,16-17,22H,9-11H2;2*1H2/t2*16-,17?,18?;;/m10../s1. The molecule has 4 aliphatic rings. The van der Waals surface area contributed by atoms with E-state index in [-0.39, 0.29) is 63.5 Å². The van der Waals surface area contributed by atoms with Crippen LogP contribution < -0.4 is 0 Å². The Morgan fingerprint density at radius 3 is 0.820 bits per heavy atom. The van der Waals surface area contributed by atoms with E-state index in [0.29, 0.717) is 26.4 Å². The minimum Gasteiger partial charge on any atom is -0.394 e. The lowest BCUT2D eigenvalue weighted by atomic mass is 10.0. The highest BCUT2D eigenvalue weighted by Gasteiger charge is 2.57. The third-order valence-electron chi connectivity index (χ3n) is 9.35. The van der Waals surface area contributed by atoms with Gasteiger partial charge in [-0.1, -0.05) is 48.5 Å². The van der Waals surface area contributed by atoms with Crippen LogP contribution in [-0.2, 0) is 18.9 Å². The highest BCUT2D eigenvalue weighted by Crippen LogP contribution is 2.50. The summed E-state index contributed by atoms with van der Waals surface area (Å²) in [6.45, 7) is 0.990. The van der Waals surface area contributed by atoms with Crippen molar-refractivity contribution in [3.05, 3.63) is 143 Å². The van der Waals surface area contributed by atoms with Crippen LogP contribution in [0.3, 0.4) is 0 Å². The molecule has 6 atom stereocenters. The molecule has 0 aromatic heterocycles.